The first-order valence-electron chi connectivity index (χ1n) is 4.77. The molecular formula is C8H12N4O2S. The Kier molecular flexibility index (Phi) is 2.90. The van der Waals surface area contributed by atoms with Crippen LogP contribution >= 0.6 is 11.8 Å². The molecule has 1 saturated carbocycles. The molecule has 0 spiro atoms. The van der Waals surface area contributed by atoms with Gasteiger partial charge in [0.2, 0.25) is 5.16 Å². The van der Waals surface area contributed by atoms with E-state index in [1.807, 2.05) is 0 Å². The molecule has 2 atom stereocenters. The summed E-state index contributed by atoms with van der Waals surface area (Å²) in [7, 11) is 0. The fraction of sp³-hybridized carbons (Fsp3) is 0.750. The molecule has 7 heteroatoms. The van der Waals surface area contributed by atoms with Crippen LogP contribution in [0.1, 0.15) is 13.3 Å². The molecule has 0 amide bonds. The van der Waals surface area contributed by atoms with E-state index >= 15 is 0 Å². The van der Waals surface area contributed by atoms with E-state index in [9.17, 15) is 4.79 Å². The number of rotatable bonds is 5. The van der Waals surface area contributed by atoms with Gasteiger partial charge in [-0.1, -0.05) is 18.7 Å². The lowest BCUT2D eigenvalue weighted by Gasteiger charge is -2.01. The van der Waals surface area contributed by atoms with E-state index in [1.165, 1.54) is 6.42 Å². The number of nitrogens with zero attached hydrogens (tertiary/aromatic N) is 4. The highest BCUT2D eigenvalue weighted by Gasteiger charge is 2.33. The summed E-state index contributed by atoms with van der Waals surface area (Å²) < 4.78 is 1.70. The minimum atomic E-state index is -0.852. The Morgan fingerprint density at radius 3 is 3.07 bits per heavy atom. The van der Waals surface area contributed by atoms with E-state index in [1.54, 1.807) is 4.68 Å². The molecule has 1 aromatic heterocycles. The Balaban J connectivity index is 1.92. The zero-order valence-electron chi connectivity index (χ0n) is 8.33. The van der Waals surface area contributed by atoms with Crippen LogP contribution in [-0.4, -0.2) is 37.0 Å². The first kappa shape index (κ1) is 10.4. The van der Waals surface area contributed by atoms with Crippen molar-refractivity contribution in [3.63, 3.8) is 0 Å². The summed E-state index contributed by atoms with van der Waals surface area (Å²) in [6.07, 6.45) is 1.21. The Morgan fingerprint density at radius 1 is 1.73 bits per heavy atom. The molecule has 82 valence electrons. The number of thioether (sulfide) groups is 1. The molecule has 2 unspecified atom stereocenters. The smallest absolute Gasteiger partial charge is 0.313 e. The molecule has 0 bridgehead atoms. The zero-order valence-corrected chi connectivity index (χ0v) is 9.15. The third-order valence-electron chi connectivity index (χ3n) is 2.51. The fourth-order valence-electron chi connectivity index (χ4n) is 1.42. The summed E-state index contributed by atoms with van der Waals surface area (Å²) in [6.45, 7) is 3.00. The predicted octanol–water partition coefficient (Wildman–Crippen LogP) is 0.506. The van der Waals surface area contributed by atoms with Crippen LogP contribution in [0.4, 0.5) is 0 Å². The number of tetrazole rings is 1. The Hall–Kier alpha value is -1.11. The van der Waals surface area contributed by atoms with E-state index in [-0.39, 0.29) is 5.75 Å². The predicted molar refractivity (Wildman–Crippen MR) is 53.4 cm³/mol. The van der Waals surface area contributed by atoms with Gasteiger partial charge in [0.15, 0.2) is 0 Å². The SMILES string of the molecule is CC1CC1Cn1nnnc1SCC(=O)O. The van der Waals surface area contributed by atoms with Crippen molar-refractivity contribution in [3.8, 4) is 0 Å². The molecule has 6 nitrogen and oxygen atoms in total. The van der Waals surface area contributed by atoms with Gasteiger partial charge in [0.25, 0.3) is 0 Å². The standard InChI is InChI=1S/C8H12N4O2S/c1-5-2-6(5)3-12-8(9-10-11-12)15-4-7(13)14/h5-6H,2-4H2,1H3,(H,13,14). The van der Waals surface area contributed by atoms with E-state index in [4.69, 9.17) is 5.11 Å². The van der Waals surface area contributed by atoms with Gasteiger partial charge in [0, 0.05) is 6.54 Å². The third kappa shape index (κ3) is 2.68. The molecule has 0 aliphatic heterocycles. The third-order valence-corrected chi connectivity index (χ3v) is 3.45. The number of carbonyl (C=O) groups is 1. The Morgan fingerprint density at radius 2 is 2.47 bits per heavy atom. The molecule has 0 saturated heterocycles. The van der Waals surface area contributed by atoms with Crippen molar-refractivity contribution in [1.29, 1.82) is 0 Å². The van der Waals surface area contributed by atoms with Crippen LogP contribution in [0, 0.1) is 11.8 Å². The topological polar surface area (TPSA) is 80.9 Å². The summed E-state index contributed by atoms with van der Waals surface area (Å²) >= 11 is 1.16. The summed E-state index contributed by atoms with van der Waals surface area (Å²) in [5.41, 5.74) is 0. The second-order valence-corrected chi connectivity index (χ2v) is 4.74. The molecule has 1 aromatic rings. The maximum Gasteiger partial charge on any atom is 0.313 e. The molecule has 1 aliphatic carbocycles. The second kappa shape index (κ2) is 4.18. The molecule has 1 aliphatic rings. The second-order valence-electron chi connectivity index (χ2n) is 3.80. The number of hydrogen-bond donors (Lipinski definition) is 1. The van der Waals surface area contributed by atoms with Crippen molar-refractivity contribution in [2.75, 3.05) is 5.75 Å². The lowest BCUT2D eigenvalue weighted by Crippen LogP contribution is -2.06. The molecule has 1 fully saturated rings. The molecule has 0 aromatic carbocycles. The van der Waals surface area contributed by atoms with Crippen LogP contribution in [0.3, 0.4) is 0 Å². The highest BCUT2D eigenvalue weighted by atomic mass is 32.2. The van der Waals surface area contributed by atoms with Gasteiger partial charge in [-0.2, -0.15) is 0 Å². The monoisotopic (exact) mass is 228 g/mol. The average molecular weight is 228 g/mol. The quantitative estimate of drug-likeness (QED) is 0.739. The Labute approximate surface area is 91.0 Å². The van der Waals surface area contributed by atoms with Crippen LogP contribution in [0.15, 0.2) is 5.16 Å². The number of aliphatic carboxylic acids is 1. The molecule has 15 heavy (non-hydrogen) atoms. The number of aromatic nitrogens is 4. The first-order valence-corrected chi connectivity index (χ1v) is 5.76. The maximum atomic E-state index is 10.4. The highest BCUT2D eigenvalue weighted by molar-refractivity contribution is 7.99. The largest absolute Gasteiger partial charge is 0.481 e. The van der Waals surface area contributed by atoms with Crippen molar-refractivity contribution in [2.45, 2.75) is 25.0 Å². The molecule has 0 radical (unpaired) electrons. The van der Waals surface area contributed by atoms with Crippen LogP contribution in [0.25, 0.3) is 0 Å². The van der Waals surface area contributed by atoms with E-state index in [0.717, 1.165) is 24.2 Å². The van der Waals surface area contributed by atoms with Gasteiger partial charge < -0.3 is 5.11 Å². The van der Waals surface area contributed by atoms with Crippen molar-refractivity contribution in [1.82, 2.24) is 20.2 Å². The van der Waals surface area contributed by atoms with Crippen LogP contribution < -0.4 is 0 Å². The normalized spacial score (nSPS) is 24.1. The van der Waals surface area contributed by atoms with Crippen molar-refractivity contribution in [3.05, 3.63) is 0 Å². The minimum Gasteiger partial charge on any atom is -0.481 e. The van der Waals surface area contributed by atoms with Gasteiger partial charge in [0.05, 0.1) is 5.75 Å². The van der Waals surface area contributed by atoms with Gasteiger partial charge in [-0.05, 0) is 28.7 Å². The number of carboxylic acids is 1. The summed E-state index contributed by atoms with van der Waals surface area (Å²) in [5, 5.41) is 20.3. The summed E-state index contributed by atoms with van der Waals surface area (Å²) in [4.78, 5) is 10.4. The highest BCUT2D eigenvalue weighted by Crippen LogP contribution is 2.39. The van der Waals surface area contributed by atoms with Gasteiger partial charge in [-0.15, -0.1) is 5.10 Å². The van der Waals surface area contributed by atoms with Crippen molar-refractivity contribution in [2.24, 2.45) is 11.8 Å². The van der Waals surface area contributed by atoms with Crippen LogP contribution in [-0.2, 0) is 11.3 Å². The zero-order chi connectivity index (χ0) is 10.8. The first-order chi connectivity index (χ1) is 7.16. The van der Waals surface area contributed by atoms with Gasteiger partial charge in [-0.3, -0.25) is 4.79 Å². The van der Waals surface area contributed by atoms with Crippen molar-refractivity contribution < 1.29 is 9.90 Å². The van der Waals surface area contributed by atoms with Gasteiger partial charge in [-0.25, -0.2) is 4.68 Å². The molecule has 1 N–H and O–H groups in total. The van der Waals surface area contributed by atoms with Gasteiger partial charge in [0.1, 0.15) is 0 Å². The lowest BCUT2D eigenvalue weighted by molar-refractivity contribution is -0.133. The molecule has 2 rings (SSSR count). The summed E-state index contributed by atoms with van der Waals surface area (Å²) in [6, 6.07) is 0. The van der Waals surface area contributed by atoms with Crippen LogP contribution in [0.2, 0.25) is 0 Å². The van der Waals surface area contributed by atoms with E-state index in [2.05, 4.69) is 22.4 Å². The van der Waals surface area contributed by atoms with Crippen LogP contribution in [0.5, 0.6) is 0 Å². The Bertz CT molecular complexity index is 367. The van der Waals surface area contributed by atoms with Crippen molar-refractivity contribution >= 4 is 17.7 Å². The molecular weight excluding hydrogens is 216 g/mol. The summed E-state index contributed by atoms with van der Waals surface area (Å²) in [5.74, 6) is 0.541. The molecule has 1 heterocycles. The van der Waals surface area contributed by atoms with E-state index in [0.29, 0.717) is 11.1 Å². The average Bonchev–Trinajstić information content (AvgIpc) is 2.71. The number of carboxylic acid groups (broad SMARTS) is 1. The van der Waals surface area contributed by atoms with Gasteiger partial charge >= 0.3 is 5.97 Å². The number of hydrogen-bond acceptors (Lipinski definition) is 5. The fourth-order valence-corrected chi connectivity index (χ4v) is 2.02. The van der Waals surface area contributed by atoms with E-state index < -0.39 is 5.97 Å². The minimum absolute atomic E-state index is 0.000589. The lowest BCUT2D eigenvalue weighted by atomic mass is 10.3. The maximum absolute atomic E-state index is 10.4.